The molecule has 2 unspecified atom stereocenters. The monoisotopic (exact) mass is 282 g/mol. The lowest BCUT2D eigenvalue weighted by atomic mass is 9.86. The van der Waals surface area contributed by atoms with E-state index in [1.165, 1.54) is 11.3 Å². The van der Waals surface area contributed by atoms with Crippen LogP contribution in [0.15, 0.2) is 0 Å². The molecule has 2 aliphatic rings. The zero-order chi connectivity index (χ0) is 14.7. The van der Waals surface area contributed by atoms with E-state index in [9.17, 15) is 9.59 Å². The van der Waals surface area contributed by atoms with E-state index >= 15 is 0 Å². The maximum Gasteiger partial charge on any atom is 0.323 e. The first-order valence-electron chi connectivity index (χ1n) is 7.71. The fourth-order valence-electron chi connectivity index (χ4n) is 3.12. The van der Waals surface area contributed by atoms with Gasteiger partial charge in [0, 0.05) is 19.6 Å². The van der Waals surface area contributed by atoms with Crippen molar-refractivity contribution >= 4 is 12.0 Å². The average molecular weight is 282 g/mol. The fourth-order valence-corrected chi connectivity index (χ4v) is 3.12. The third-order valence-corrected chi connectivity index (χ3v) is 4.53. The Labute approximate surface area is 120 Å². The van der Waals surface area contributed by atoms with Crippen LogP contribution in [-0.4, -0.2) is 53.1 Å². The largest absolute Gasteiger partial charge is 0.480 e. The molecule has 0 spiro atoms. The Morgan fingerprint density at radius 3 is 2.45 bits per heavy atom. The Kier molecular flexibility index (Phi) is 4.89. The molecule has 5 nitrogen and oxygen atoms in total. The summed E-state index contributed by atoms with van der Waals surface area (Å²) in [7, 11) is 1.83. The summed E-state index contributed by atoms with van der Waals surface area (Å²) in [6.45, 7) is 2.64. The van der Waals surface area contributed by atoms with Crippen LogP contribution in [0.25, 0.3) is 0 Å². The summed E-state index contributed by atoms with van der Waals surface area (Å²) in [5.41, 5.74) is 0. The smallest absolute Gasteiger partial charge is 0.323 e. The first kappa shape index (κ1) is 15.1. The van der Waals surface area contributed by atoms with E-state index in [4.69, 9.17) is 5.11 Å². The molecule has 2 rings (SSSR count). The normalized spacial score (nSPS) is 26.1. The van der Waals surface area contributed by atoms with Crippen LogP contribution in [0, 0.1) is 11.8 Å². The number of nitrogens with zero attached hydrogens (tertiary/aromatic N) is 2. The molecule has 2 fully saturated rings. The third-order valence-electron chi connectivity index (χ3n) is 4.53. The zero-order valence-electron chi connectivity index (χ0n) is 12.5. The topological polar surface area (TPSA) is 60.9 Å². The van der Waals surface area contributed by atoms with Crippen molar-refractivity contribution in [3.05, 3.63) is 0 Å². The van der Waals surface area contributed by atoms with Gasteiger partial charge >= 0.3 is 12.0 Å². The molecule has 20 heavy (non-hydrogen) atoms. The highest BCUT2D eigenvalue weighted by Gasteiger charge is 2.32. The van der Waals surface area contributed by atoms with Crippen LogP contribution >= 0.6 is 0 Å². The Balaban J connectivity index is 1.95. The van der Waals surface area contributed by atoms with Gasteiger partial charge in [-0.05, 0) is 37.5 Å². The predicted octanol–water partition coefficient (Wildman–Crippen LogP) is 2.41. The molecule has 0 aliphatic heterocycles. The number of aliphatic carboxylic acids is 1. The fraction of sp³-hybridized carbons (Fsp3) is 0.867. The lowest BCUT2D eigenvalue weighted by Crippen LogP contribution is -2.49. The number of carboxylic acid groups (broad SMARTS) is 1. The number of carbonyl (C=O) groups excluding carboxylic acids is 1. The molecule has 2 atom stereocenters. The molecule has 0 aromatic rings. The van der Waals surface area contributed by atoms with Gasteiger partial charge in [0.25, 0.3) is 0 Å². The van der Waals surface area contributed by atoms with Crippen LogP contribution in [0.5, 0.6) is 0 Å². The second-order valence-electron chi connectivity index (χ2n) is 6.54. The van der Waals surface area contributed by atoms with Gasteiger partial charge in [0.1, 0.15) is 6.54 Å². The van der Waals surface area contributed by atoms with E-state index in [0.29, 0.717) is 18.4 Å². The number of hydrogen-bond acceptors (Lipinski definition) is 2. The van der Waals surface area contributed by atoms with E-state index in [2.05, 4.69) is 6.92 Å². The van der Waals surface area contributed by atoms with E-state index in [0.717, 1.165) is 32.1 Å². The molecule has 0 bridgehead atoms. The number of amides is 2. The van der Waals surface area contributed by atoms with Gasteiger partial charge < -0.3 is 14.9 Å². The molecule has 5 heteroatoms. The van der Waals surface area contributed by atoms with Crippen LogP contribution in [0.3, 0.4) is 0 Å². The minimum atomic E-state index is -0.926. The molecular formula is C15H26N2O3. The molecule has 0 saturated heterocycles. The van der Waals surface area contributed by atoms with Crippen molar-refractivity contribution in [3.63, 3.8) is 0 Å². The van der Waals surface area contributed by atoms with Gasteiger partial charge in [-0.15, -0.1) is 0 Å². The second-order valence-corrected chi connectivity index (χ2v) is 6.54. The van der Waals surface area contributed by atoms with Crippen LogP contribution < -0.4 is 0 Å². The Morgan fingerprint density at radius 2 is 1.90 bits per heavy atom. The highest BCUT2D eigenvalue weighted by Crippen LogP contribution is 2.31. The summed E-state index contributed by atoms with van der Waals surface area (Å²) >= 11 is 0. The lowest BCUT2D eigenvalue weighted by Gasteiger charge is -2.37. The number of hydrogen-bond donors (Lipinski definition) is 1. The highest BCUT2D eigenvalue weighted by atomic mass is 16.4. The summed E-state index contributed by atoms with van der Waals surface area (Å²) in [4.78, 5) is 26.8. The SMILES string of the molecule is CC1CCCC(N(C)C(=O)N(CC(=O)O)CC2CC2)C1. The van der Waals surface area contributed by atoms with Crippen LogP contribution in [0.4, 0.5) is 4.79 Å². The Hall–Kier alpha value is -1.26. The molecule has 0 radical (unpaired) electrons. The van der Waals surface area contributed by atoms with Gasteiger partial charge in [0.2, 0.25) is 0 Å². The molecule has 2 saturated carbocycles. The minimum Gasteiger partial charge on any atom is -0.480 e. The first-order valence-corrected chi connectivity index (χ1v) is 7.71. The van der Waals surface area contributed by atoms with Crippen LogP contribution in [0.2, 0.25) is 0 Å². The molecular weight excluding hydrogens is 256 g/mol. The number of urea groups is 1. The predicted molar refractivity (Wildman–Crippen MR) is 76.5 cm³/mol. The highest BCUT2D eigenvalue weighted by molar-refractivity contribution is 5.80. The summed E-state index contributed by atoms with van der Waals surface area (Å²) in [5.74, 6) is 0.238. The average Bonchev–Trinajstić information content (AvgIpc) is 3.19. The number of carbonyl (C=O) groups is 2. The maximum atomic E-state index is 12.5. The molecule has 2 aliphatic carbocycles. The first-order chi connectivity index (χ1) is 9.47. The summed E-state index contributed by atoms with van der Waals surface area (Å²) < 4.78 is 0. The summed E-state index contributed by atoms with van der Waals surface area (Å²) in [5, 5.41) is 8.99. The minimum absolute atomic E-state index is 0.113. The molecule has 2 amide bonds. The zero-order valence-corrected chi connectivity index (χ0v) is 12.5. The van der Waals surface area contributed by atoms with E-state index in [-0.39, 0.29) is 18.6 Å². The summed E-state index contributed by atoms with van der Waals surface area (Å²) in [6, 6.07) is 0.153. The van der Waals surface area contributed by atoms with E-state index < -0.39 is 5.97 Å². The van der Waals surface area contributed by atoms with Crippen molar-refractivity contribution in [1.82, 2.24) is 9.80 Å². The second kappa shape index (κ2) is 6.46. The van der Waals surface area contributed by atoms with Crippen molar-refractivity contribution in [1.29, 1.82) is 0 Å². The van der Waals surface area contributed by atoms with Crippen molar-refractivity contribution < 1.29 is 14.7 Å². The van der Waals surface area contributed by atoms with Gasteiger partial charge in [0.05, 0.1) is 0 Å². The maximum absolute atomic E-state index is 12.5. The third kappa shape index (κ3) is 4.12. The van der Waals surface area contributed by atoms with Gasteiger partial charge in [-0.2, -0.15) is 0 Å². The van der Waals surface area contributed by atoms with Crippen molar-refractivity contribution in [2.75, 3.05) is 20.1 Å². The Morgan fingerprint density at radius 1 is 1.20 bits per heavy atom. The van der Waals surface area contributed by atoms with E-state index in [1.54, 1.807) is 4.90 Å². The molecule has 0 aromatic heterocycles. The van der Waals surface area contributed by atoms with Gasteiger partial charge in [-0.3, -0.25) is 4.79 Å². The quantitative estimate of drug-likeness (QED) is 0.842. The molecule has 0 heterocycles. The summed E-state index contributed by atoms with van der Waals surface area (Å²) in [6.07, 6.45) is 6.70. The number of rotatable bonds is 5. The van der Waals surface area contributed by atoms with Gasteiger partial charge in [-0.25, -0.2) is 4.79 Å². The lowest BCUT2D eigenvalue weighted by molar-refractivity contribution is -0.137. The molecule has 0 aromatic carbocycles. The van der Waals surface area contributed by atoms with E-state index in [1.807, 2.05) is 7.05 Å². The Bertz CT molecular complexity index is 368. The molecule has 114 valence electrons. The van der Waals surface area contributed by atoms with Crippen molar-refractivity contribution in [2.45, 2.75) is 51.5 Å². The van der Waals surface area contributed by atoms with Gasteiger partial charge in [0.15, 0.2) is 0 Å². The van der Waals surface area contributed by atoms with Crippen LogP contribution in [0.1, 0.15) is 45.4 Å². The van der Waals surface area contributed by atoms with Gasteiger partial charge in [-0.1, -0.05) is 19.8 Å². The van der Waals surface area contributed by atoms with Crippen LogP contribution in [-0.2, 0) is 4.79 Å². The number of carboxylic acids is 1. The van der Waals surface area contributed by atoms with Crippen molar-refractivity contribution in [3.8, 4) is 0 Å². The van der Waals surface area contributed by atoms with Crippen molar-refractivity contribution in [2.24, 2.45) is 11.8 Å². The molecule has 1 N–H and O–H groups in total. The standard InChI is InChI=1S/C15H26N2O3/c1-11-4-3-5-13(8-11)16(2)15(20)17(10-14(18)19)9-12-6-7-12/h11-13H,3-10H2,1-2H3,(H,18,19).